The van der Waals surface area contributed by atoms with Crippen LogP contribution >= 0.6 is 0 Å². The van der Waals surface area contributed by atoms with Gasteiger partial charge in [-0.25, -0.2) is 9.59 Å². The molecule has 0 atom stereocenters. The van der Waals surface area contributed by atoms with E-state index < -0.39 is 32.5 Å². The van der Waals surface area contributed by atoms with Gasteiger partial charge in [-0.15, -0.1) is 0 Å². The van der Waals surface area contributed by atoms with Crippen LogP contribution in [0.15, 0.2) is 47.4 Å². The molecule has 0 aliphatic heterocycles. The SMILES string of the molecule is CCCCCCC/C=C/CCCCCCCOC(=O)c1cccc(S(=O)(=O)O)c1C(=O)OCCCCCCC/C=C/CCCCCCC. The Kier molecular flexibility index (Phi) is 26.7. The monoisotopic (exact) mass is 690 g/mol. The van der Waals surface area contributed by atoms with E-state index in [9.17, 15) is 22.6 Å². The van der Waals surface area contributed by atoms with Gasteiger partial charge >= 0.3 is 11.9 Å². The second-order valence-electron chi connectivity index (χ2n) is 12.9. The van der Waals surface area contributed by atoms with Crippen LogP contribution in [-0.4, -0.2) is 38.1 Å². The number of unbranched alkanes of at least 4 members (excludes halogenated alkanes) is 20. The smallest absolute Gasteiger partial charge is 0.340 e. The molecule has 0 heterocycles. The lowest BCUT2D eigenvalue weighted by molar-refractivity contribution is 0.0446. The number of benzene rings is 1. The lowest BCUT2D eigenvalue weighted by Crippen LogP contribution is -2.19. The molecule has 0 saturated carbocycles. The quantitative estimate of drug-likeness (QED) is 0.0357. The van der Waals surface area contributed by atoms with Crippen molar-refractivity contribution in [3.8, 4) is 0 Å². The summed E-state index contributed by atoms with van der Waals surface area (Å²) in [5.74, 6) is -1.77. The first kappa shape index (κ1) is 43.6. The van der Waals surface area contributed by atoms with E-state index >= 15 is 0 Å². The summed E-state index contributed by atoms with van der Waals surface area (Å²) in [5, 5.41) is 0. The standard InChI is InChI=1S/C40H66O7S/c1-3-5-7-9-11-13-15-17-19-21-23-25-27-29-34-46-39(41)36-32-31-33-37(48(43,44)45)38(36)40(42)47-35-30-28-26-24-22-20-18-16-14-12-10-8-6-4-2/h15-18,31-33H,3-14,19-30,34-35H2,1-2H3,(H,43,44,45)/b17-15+,18-16+. The number of carbonyl (C=O) groups is 2. The third-order valence-corrected chi connectivity index (χ3v) is 9.40. The van der Waals surface area contributed by atoms with Gasteiger partial charge in [0.25, 0.3) is 10.1 Å². The Balaban J connectivity index is 2.35. The van der Waals surface area contributed by atoms with Crippen molar-refractivity contribution in [3.63, 3.8) is 0 Å². The third-order valence-electron chi connectivity index (χ3n) is 8.51. The first-order valence-corrected chi connectivity index (χ1v) is 20.5. The zero-order valence-corrected chi connectivity index (χ0v) is 31.0. The molecule has 1 aromatic rings. The second-order valence-corrected chi connectivity index (χ2v) is 14.3. The summed E-state index contributed by atoms with van der Waals surface area (Å²) in [7, 11) is -4.76. The Morgan fingerprint density at radius 2 is 0.938 bits per heavy atom. The molecule has 0 radical (unpaired) electrons. The van der Waals surface area contributed by atoms with Crippen LogP contribution in [0.2, 0.25) is 0 Å². The van der Waals surface area contributed by atoms with Crippen molar-refractivity contribution in [1.29, 1.82) is 0 Å². The molecule has 1 N–H and O–H groups in total. The number of hydrogen-bond acceptors (Lipinski definition) is 6. The minimum Gasteiger partial charge on any atom is -0.462 e. The molecule has 48 heavy (non-hydrogen) atoms. The number of carbonyl (C=O) groups excluding carboxylic acids is 2. The average Bonchev–Trinajstić information content (AvgIpc) is 3.07. The van der Waals surface area contributed by atoms with Crippen LogP contribution in [-0.2, 0) is 19.6 Å². The van der Waals surface area contributed by atoms with E-state index in [1.165, 1.54) is 82.8 Å². The molecule has 0 aliphatic rings. The maximum Gasteiger partial charge on any atom is 0.340 e. The highest BCUT2D eigenvalue weighted by Crippen LogP contribution is 2.23. The van der Waals surface area contributed by atoms with E-state index in [4.69, 9.17) is 9.47 Å². The Labute approximate surface area is 293 Å². The topological polar surface area (TPSA) is 107 Å². The van der Waals surface area contributed by atoms with Crippen molar-refractivity contribution in [1.82, 2.24) is 0 Å². The number of hydrogen-bond donors (Lipinski definition) is 1. The van der Waals surface area contributed by atoms with Crippen molar-refractivity contribution in [2.75, 3.05) is 13.2 Å². The molecule has 1 rings (SSSR count). The van der Waals surface area contributed by atoms with Crippen molar-refractivity contribution in [3.05, 3.63) is 53.6 Å². The predicted molar refractivity (Wildman–Crippen MR) is 197 cm³/mol. The summed E-state index contributed by atoms with van der Waals surface area (Å²) in [6.45, 7) is 4.73. The zero-order valence-electron chi connectivity index (χ0n) is 30.2. The summed E-state index contributed by atoms with van der Waals surface area (Å²) in [4.78, 5) is 25.2. The molecule has 8 heteroatoms. The average molecular weight is 691 g/mol. The molecule has 1 aromatic carbocycles. The van der Waals surface area contributed by atoms with Gasteiger partial charge in [0.1, 0.15) is 4.90 Å². The van der Waals surface area contributed by atoms with Gasteiger partial charge in [0.2, 0.25) is 0 Å². The maximum atomic E-state index is 13.0. The van der Waals surface area contributed by atoms with Gasteiger partial charge in [-0.1, -0.05) is 134 Å². The zero-order chi connectivity index (χ0) is 35.1. The van der Waals surface area contributed by atoms with E-state index in [2.05, 4.69) is 38.2 Å². The fourth-order valence-electron chi connectivity index (χ4n) is 5.60. The summed E-state index contributed by atoms with van der Waals surface area (Å²) < 4.78 is 44.6. The molecule has 0 bridgehead atoms. The van der Waals surface area contributed by atoms with Gasteiger partial charge in [0.15, 0.2) is 0 Å². The minimum atomic E-state index is -4.76. The summed E-state index contributed by atoms with van der Waals surface area (Å²) in [6, 6.07) is 3.72. The van der Waals surface area contributed by atoms with Crippen LogP contribution in [0, 0.1) is 0 Å². The summed E-state index contributed by atoms with van der Waals surface area (Å²) in [6.07, 6.45) is 36.3. The molecule has 274 valence electrons. The lowest BCUT2D eigenvalue weighted by atomic mass is 10.1. The van der Waals surface area contributed by atoms with Crippen LogP contribution in [0.4, 0.5) is 0 Å². The Morgan fingerprint density at radius 1 is 0.562 bits per heavy atom. The van der Waals surface area contributed by atoms with Crippen molar-refractivity contribution < 1.29 is 32.0 Å². The molecule has 0 amide bonds. The number of allylic oxidation sites excluding steroid dienone is 4. The highest BCUT2D eigenvalue weighted by atomic mass is 32.2. The fourth-order valence-corrected chi connectivity index (χ4v) is 6.30. The van der Waals surface area contributed by atoms with Crippen molar-refractivity contribution in [2.45, 2.75) is 173 Å². The second kappa shape index (κ2) is 29.5. The molecule has 7 nitrogen and oxygen atoms in total. The van der Waals surface area contributed by atoms with Crippen molar-refractivity contribution >= 4 is 22.1 Å². The minimum absolute atomic E-state index is 0.0971. The summed E-state index contributed by atoms with van der Waals surface area (Å²) >= 11 is 0. The number of esters is 2. The molecule has 0 fully saturated rings. The van der Waals surface area contributed by atoms with Gasteiger partial charge in [0, 0.05) is 0 Å². The fraction of sp³-hybridized carbons (Fsp3) is 0.700. The van der Waals surface area contributed by atoms with Gasteiger partial charge in [0.05, 0.1) is 24.3 Å². The van der Waals surface area contributed by atoms with E-state index in [-0.39, 0.29) is 18.8 Å². The molecule has 0 aliphatic carbocycles. The Morgan fingerprint density at radius 3 is 1.35 bits per heavy atom. The molecule has 0 aromatic heterocycles. The highest BCUT2D eigenvalue weighted by Gasteiger charge is 2.28. The van der Waals surface area contributed by atoms with Crippen molar-refractivity contribution in [2.24, 2.45) is 0 Å². The van der Waals surface area contributed by atoms with Gasteiger partial charge < -0.3 is 9.47 Å². The molecule has 0 spiro atoms. The molecule has 0 saturated heterocycles. The first-order chi connectivity index (χ1) is 23.3. The molecule has 0 unspecified atom stereocenters. The normalized spacial score (nSPS) is 11.9. The van der Waals surface area contributed by atoms with Gasteiger partial charge in [-0.3, -0.25) is 4.55 Å². The number of rotatable bonds is 31. The molecular weight excluding hydrogens is 624 g/mol. The first-order valence-electron chi connectivity index (χ1n) is 19.1. The number of ether oxygens (including phenoxy) is 2. The van der Waals surface area contributed by atoms with Crippen LogP contribution in [0.3, 0.4) is 0 Å². The van der Waals surface area contributed by atoms with E-state index in [0.717, 1.165) is 76.7 Å². The summed E-state index contributed by atoms with van der Waals surface area (Å²) in [5.41, 5.74) is -0.697. The van der Waals surface area contributed by atoms with Crippen LogP contribution in [0.1, 0.15) is 189 Å². The third kappa shape index (κ3) is 22.2. The largest absolute Gasteiger partial charge is 0.462 e. The predicted octanol–water partition coefficient (Wildman–Crippen LogP) is 11.8. The van der Waals surface area contributed by atoms with Crippen LogP contribution < -0.4 is 0 Å². The Hall–Kier alpha value is -2.45. The van der Waals surface area contributed by atoms with E-state index in [1.807, 2.05) is 0 Å². The van der Waals surface area contributed by atoms with Gasteiger partial charge in [-0.05, 0) is 76.3 Å². The van der Waals surface area contributed by atoms with Gasteiger partial charge in [-0.2, -0.15) is 8.42 Å². The van der Waals surface area contributed by atoms with Crippen LogP contribution in [0.5, 0.6) is 0 Å². The van der Waals surface area contributed by atoms with E-state index in [1.54, 1.807) is 0 Å². The maximum absolute atomic E-state index is 13.0. The van der Waals surface area contributed by atoms with Crippen LogP contribution in [0.25, 0.3) is 0 Å². The Bertz CT molecular complexity index is 1140. The van der Waals surface area contributed by atoms with E-state index in [0.29, 0.717) is 12.8 Å². The highest BCUT2D eigenvalue weighted by molar-refractivity contribution is 7.86. The molecular formula is C40H66O7S. The lowest BCUT2D eigenvalue weighted by Gasteiger charge is -2.13.